The van der Waals surface area contributed by atoms with Crippen LogP contribution in [0.25, 0.3) is 0 Å². The van der Waals surface area contributed by atoms with E-state index in [4.69, 9.17) is 4.52 Å². The molecule has 108 valence electrons. The molecule has 0 bridgehead atoms. The topological polar surface area (TPSA) is 81.7 Å². The second-order valence-electron chi connectivity index (χ2n) is 5.68. The molecule has 0 atom stereocenters. The van der Waals surface area contributed by atoms with Gasteiger partial charge in [0, 0.05) is 12.5 Å². The van der Waals surface area contributed by atoms with E-state index in [9.17, 15) is 0 Å². The highest BCUT2D eigenvalue weighted by atomic mass is 16.5. The summed E-state index contributed by atoms with van der Waals surface area (Å²) in [5.74, 6) is 2.44. The van der Waals surface area contributed by atoms with Crippen LogP contribution in [0.4, 0.5) is 0 Å². The van der Waals surface area contributed by atoms with Gasteiger partial charge in [-0.05, 0) is 25.3 Å². The lowest BCUT2D eigenvalue weighted by Gasteiger charge is -1.98. The van der Waals surface area contributed by atoms with Gasteiger partial charge >= 0.3 is 0 Å². The van der Waals surface area contributed by atoms with Crippen molar-refractivity contribution in [2.75, 3.05) is 6.54 Å². The van der Waals surface area contributed by atoms with Crippen LogP contribution in [-0.4, -0.2) is 31.7 Å². The average Bonchev–Trinajstić information content (AvgIpc) is 2.94. The quantitative estimate of drug-likeness (QED) is 0.821. The summed E-state index contributed by atoms with van der Waals surface area (Å²) in [6.07, 6.45) is 4.63. The van der Waals surface area contributed by atoms with E-state index in [1.165, 1.54) is 12.8 Å². The van der Waals surface area contributed by atoms with Crippen molar-refractivity contribution in [2.24, 2.45) is 5.92 Å². The van der Waals surface area contributed by atoms with Gasteiger partial charge in [-0.25, -0.2) is 4.68 Å². The van der Waals surface area contributed by atoms with Crippen LogP contribution in [0, 0.1) is 5.92 Å². The molecular formula is C13H20N6O. The van der Waals surface area contributed by atoms with Gasteiger partial charge in [0.25, 0.3) is 0 Å². The van der Waals surface area contributed by atoms with E-state index >= 15 is 0 Å². The van der Waals surface area contributed by atoms with Crippen molar-refractivity contribution < 1.29 is 4.52 Å². The van der Waals surface area contributed by atoms with Crippen LogP contribution in [0.15, 0.2) is 10.7 Å². The molecule has 1 aliphatic rings. The summed E-state index contributed by atoms with van der Waals surface area (Å²) in [7, 11) is 0. The van der Waals surface area contributed by atoms with Crippen molar-refractivity contribution in [3.63, 3.8) is 0 Å². The van der Waals surface area contributed by atoms with Gasteiger partial charge < -0.3 is 9.84 Å². The molecule has 0 unspecified atom stereocenters. The first-order valence-corrected chi connectivity index (χ1v) is 7.13. The lowest BCUT2D eigenvalue weighted by molar-refractivity contribution is 0.358. The Kier molecular flexibility index (Phi) is 3.77. The maximum atomic E-state index is 5.19. The molecule has 20 heavy (non-hydrogen) atoms. The summed E-state index contributed by atoms with van der Waals surface area (Å²) in [5.41, 5.74) is 0.939. The van der Waals surface area contributed by atoms with Gasteiger partial charge in [-0.2, -0.15) is 4.98 Å². The average molecular weight is 276 g/mol. The van der Waals surface area contributed by atoms with Crippen molar-refractivity contribution in [2.45, 2.75) is 45.7 Å². The highest BCUT2D eigenvalue weighted by Crippen LogP contribution is 2.27. The van der Waals surface area contributed by atoms with Crippen LogP contribution < -0.4 is 5.32 Å². The Balaban J connectivity index is 1.52. The van der Waals surface area contributed by atoms with Crippen molar-refractivity contribution in [1.29, 1.82) is 0 Å². The second kappa shape index (κ2) is 5.70. The zero-order chi connectivity index (χ0) is 13.9. The van der Waals surface area contributed by atoms with Crippen LogP contribution in [0.3, 0.4) is 0 Å². The molecule has 3 rings (SSSR count). The van der Waals surface area contributed by atoms with Gasteiger partial charge in [0.05, 0.1) is 11.9 Å². The Bertz CT molecular complexity index is 557. The Morgan fingerprint density at radius 1 is 1.45 bits per heavy atom. The fourth-order valence-electron chi connectivity index (χ4n) is 1.93. The number of aromatic nitrogens is 5. The molecule has 0 aromatic carbocycles. The van der Waals surface area contributed by atoms with Crippen molar-refractivity contribution in [3.05, 3.63) is 23.6 Å². The fourth-order valence-corrected chi connectivity index (χ4v) is 1.93. The van der Waals surface area contributed by atoms with E-state index in [2.05, 4.69) is 25.8 Å². The van der Waals surface area contributed by atoms with Gasteiger partial charge in [0.2, 0.25) is 5.89 Å². The summed E-state index contributed by atoms with van der Waals surface area (Å²) in [6.45, 7) is 6.38. The molecule has 1 N–H and O–H groups in total. The van der Waals surface area contributed by atoms with Crippen molar-refractivity contribution in [1.82, 2.24) is 30.5 Å². The molecule has 0 saturated heterocycles. The Morgan fingerprint density at radius 3 is 3.00 bits per heavy atom. The maximum absolute atomic E-state index is 5.19. The highest BCUT2D eigenvalue weighted by molar-refractivity contribution is 4.95. The van der Waals surface area contributed by atoms with E-state index in [-0.39, 0.29) is 5.92 Å². The van der Waals surface area contributed by atoms with Crippen LogP contribution in [0.1, 0.15) is 50.0 Å². The molecule has 1 saturated carbocycles. The van der Waals surface area contributed by atoms with Crippen LogP contribution in [0.5, 0.6) is 0 Å². The second-order valence-corrected chi connectivity index (χ2v) is 5.68. The third-order valence-electron chi connectivity index (χ3n) is 3.32. The molecule has 1 fully saturated rings. The monoisotopic (exact) mass is 276 g/mol. The predicted molar refractivity (Wildman–Crippen MR) is 71.9 cm³/mol. The standard InChI is InChI=1S/C13H20N6O/c1-9(2)13-15-12(20-17-13)8-19-7-11(16-18-19)6-14-5-10-3-4-10/h7,9-10,14H,3-6,8H2,1-2H3. The van der Waals surface area contributed by atoms with Crippen molar-refractivity contribution >= 4 is 0 Å². The molecule has 0 spiro atoms. The predicted octanol–water partition coefficient (Wildman–Crippen LogP) is 1.33. The largest absolute Gasteiger partial charge is 0.337 e. The lowest BCUT2D eigenvalue weighted by Crippen LogP contribution is -2.16. The lowest BCUT2D eigenvalue weighted by atomic mass is 10.2. The molecular weight excluding hydrogens is 256 g/mol. The number of rotatable bonds is 7. The molecule has 0 radical (unpaired) electrons. The minimum Gasteiger partial charge on any atom is -0.337 e. The van der Waals surface area contributed by atoms with Gasteiger partial charge in [-0.15, -0.1) is 5.10 Å². The summed E-state index contributed by atoms with van der Waals surface area (Å²) >= 11 is 0. The van der Waals surface area contributed by atoms with E-state index in [0.717, 1.165) is 30.5 Å². The summed E-state index contributed by atoms with van der Waals surface area (Å²) in [5, 5.41) is 15.5. The zero-order valence-electron chi connectivity index (χ0n) is 11.9. The Labute approximate surface area is 117 Å². The van der Waals surface area contributed by atoms with E-state index in [0.29, 0.717) is 12.4 Å². The molecule has 1 aliphatic carbocycles. The fraction of sp³-hybridized carbons (Fsp3) is 0.692. The summed E-state index contributed by atoms with van der Waals surface area (Å²) in [6, 6.07) is 0. The molecule has 0 amide bonds. The Hall–Kier alpha value is -1.76. The molecule has 0 aliphatic heterocycles. The van der Waals surface area contributed by atoms with E-state index in [1.807, 2.05) is 20.0 Å². The smallest absolute Gasteiger partial charge is 0.248 e. The van der Waals surface area contributed by atoms with Crippen LogP contribution in [-0.2, 0) is 13.1 Å². The van der Waals surface area contributed by atoms with Gasteiger partial charge in [0.1, 0.15) is 6.54 Å². The Morgan fingerprint density at radius 2 is 2.30 bits per heavy atom. The number of nitrogens with one attached hydrogen (secondary N) is 1. The van der Waals surface area contributed by atoms with Crippen molar-refractivity contribution in [3.8, 4) is 0 Å². The minimum absolute atomic E-state index is 0.269. The molecule has 2 aromatic heterocycles. The summed E-state index contributed by atoms with van der Waals surface area (Å²) in [4.78, 5) is 4.33. The van der Waals surface area contributed by atoms with E-state index < -0.39 is 0 Å². The SMILES string of the molecule is CC(C)c1noc(Cn2cc(CNCC3CC3)nn2)n1. The molecule has 7 nitrogen and oxygen atoms in total. The maximum Gasteiger partial charge on any atom is 0.248 e. The third-order valence-corrected chi connectivity index (χ3v) is 3.32. The van der Waals surface area contributed by atoms with Gasteiger partial charge in [-0.3, -0.25) is 0 Å². The molecule has 7 heteroatoms. The minimum atomic E-state index is 0.269. The van der Waals surface area contributed by atoms with Gasteiger partial charge in [-0.1, -0.05) is 24.2 Å². The normalized spacial score (nSPS) is 15.2. The first-order chi connectivity index (χ1) is 9.70. The molecule has 2 heterocycles. The van der Waals surface area contributed by atoms with Crippen LogP contribution >= 0.6 is 0 Å². The molecule has 2 aromatic rings. The highest BCUT2D eigenvalue weighted by Gasteiger charge is 2.20. The number of hydrogen-bond acceptors (Lipinski definition) is 6. The van der Waals surface area contributed by atoms with Gasteiger partial charge in [0.15, 0.2) is 5.82 Å². The van der Waals surface area contributed by atoms with Crippen LogP contribution in [0.2, 0.25) is 0 Å². The summed E-state index contributed by atoms with van der Waals surface area (Å²) < 4.78 is 6.92. The first-order valence-electron chi connectivity index (χ1n) is 7.13. The zero-order valence-corrected chi connectivity index (χ0v) is 11.9. The number of nitrogens with zero attached hydrogens (tertiary/aromatic N) is 5. The third kappa shape index (κ3) is 3.41. The first kappa shape index (κ1) is 13.2. The van der Waals surface area contributed by atoms with E-state index in [1.54, 1.807) is 4.68 Å². The number of hydrogen-bond donors (Lipinski definition) is 1.